The van der Waals surface area contributed by atoms with Crippen molar-refractivity contribution in [2.24, 2.45) is 17.6 Å². The lowest BCUT2D eigenvalue weighted by molar-refractivity contribution is -0.127. The van der Waals surface area contributed by atoms with Crippen LogP contribution in [0.2, 0.25) is 0 Å². The van der Waals surface area contributed by atoms with Gasteiger partial charge in [0.2, 0.25) is 5.91 Å². The minimum atomic E-state index is -0.223. The Balaban J connectivity index is 0.00000144. The van der Waals surface area contributed by atoms with E-state index in [0.717, 1.165) is 31.7 Å². The lowest BCUT2D eigenvalue weighted by atomic mass is 9.91. The second-order valence-electron chi connectivity index (χ2n) is 6.71. The third kappa shape index (κ3) is 4.71. The Morgan fingerprint density at radius 3 is 2.46 bits per heavy atom. The highest BCUT2D eigenvalue weighted by Gasteiger charge is 2.42. The number of hydrogen-bond acceptors (Lipinski definition) is 5. The largest absolute Gasteiger partial charge is 0.355 e. The van der Waals surface area contributed by atoms with E-state index < -0.39 is 0 Å². The molecule has 2 heterocycles. The van der Waals surface area contributed by atoms with Gasteiger partial charge in [0.25, 0.3) is 0 Å². The fraction of sp³-hybridized carbons (Fsp3) is 0.688. The van der Waals surface area contributed by atoms with Crippen LogP contribution in [0.4, 0.5) is 5.82 Å². The van der Waals surface area contributed by atoms with Crippen molar-refractivity contribution >= 4 is 36.5 Å². The van der Waals surface area contributed by atoms with Gasteiger partial charge >= 0.3 is 0 Å². The lowest BCUT2D eigenvalue weighted by Gasteiger charge is -2.35. The average Bonchev–Trinajstić information content (AvgIpc) is 3.41. The molecular weight excluding hydrogens is 349 g/mol. The topological polar surface area (TPSA) is 84.1 Å². The molecule has 1 aromatic heterocycles. The summed E-state index contributed by atoms with van der Waals surface area (Å²) >= 11 is 0. The second kappa shape index (κ2) is 8.83. The smallest absolute Gasteiger partial charge is 0.223 e. The molecule has 1 aliphatic heterocycles. The van der Waals surface area contributed by atoms with E-state index in [0.29, 0.717) is 12.5 Å². The number of amides is 1. The maximum atomic E-state index is 12.5. The maximum Gasteiger partial charge on any atom is 0.223 e. The maximum absolute atomic E-state index is 12.5. The van der Waals surface area contributed by atoms with E-state index in [2.05, 4.69) is 27.1 Å². The van der Waals surface area contributed by atoms with E-state index in [4.69, 9.17) is 5.73 Å². The molecule has 1 unspecified atom stereocenters. The lowest BCUT2D eigenvalue weighted by Crippen LogP contribution is -2.55. The van der Waals surface area contributed by atoms with Crippen LogP contribution in [0, 0.1) is 11.8 Å². The molecule has 1 atom stereocenters. The zero-order chi connectivity index (χ0) is 15.6. The normalized spacial score (nSPS) is 20.3. The quantitative estimate of drug-likeness (QED) is 0.819. The van der Waals surface area contributed by atoms with Crippen molar-refractivity contribution in [3.05, 3.63) is 18.6 Å². The zero-order valence-electron chi connectivity index (χ0n) is 14.0. The summed E-state index contributed by atoms with van der Waals surface area (Å²) in [6.45, 7) is 4.29. The standard InChI is InChI=1S/C16H25N5O.2ClH/c1-16(11-17,13-2-3-13)20-15(22)12-4-8-21(9-5-12)14-10-18-6-7-19-14;;/h6-7,10,12-13H,2-5,8-9,11,17H2,1H3,(H,20,22);2*1H. The molecule has 1 saturated heterocycles. The van der Waals surface area contributed by atoms with E-state index in [-0.39, 0.29) is 42.2 Å². The molecule has 2 aliphatic rings. The van der Waals surface area contributed by atoms with Gasteiger partial charge in [0, 0.05) is 37.9 Å². The van der Waals surface area contributed by atoms with Crippen molar-refractivity contribution in [1.82, 2.24) is 15.3 Å². The van der Waals surface area contributed by atoms with Crippen molar-refractivity contribution in [1.29, 1.82) is 0 Å². The van der Waals surface area contributed by atoms with Crippen LogP contribution in [-0.4, -0.2) is 41.0 Å². The number of rotatable bonds is 5. The third-order valence-corrected chi connectivity index (χ3v) is 5.05. The number of nitrogens with two attached hydrogens (primary N) is 1. The number of nitrogens with one attached hydrogen (secondary N) is 1. The number of carbonyl (C=O) groups excluding carboxylic acids is 1. The van der Waals surface area contributed by atoms with Crippen LogP contribution in [-0.2, 0) is 4.79 Å². The van der Waals surface area contributed by atoms with Gasteiger partial charge in [0.05, 0.1) is 11.7 Å². The Kier molecular flexibility index (Phi) is 7.70. The van der Waals surface area contributed by atoms with Crippen molar-refractivity contribution in [2.75, 3.05) is 24.5 Å². The van der Waals surface area contributed by atoms with E-state index >= 15 is 0 Å². The van der Waals surface area contributed by atoms with Gasteiger partial charge < -0.3 is 16.0 Å². The number of piperidine rings is 1. The molecule has 3 rings (SSSR count). The van der Waals surface area contributed by atoms with Gasteiger partial charge in [-0.05, 0) is 38.5 Å². The second-order valence-corrected chi connectivity index (χ2v) is 6.71. The van der Waals surface area contributed by atoms with Gasteiger partial charge in [0.1, 0.15) is 5.82 Å². The molecule has 136 valence electrons. The number of hydrogen-bond donors (Lipinski definition) is 2. The van der Waals surface area contributed by atoms with Gasteiger partial charge in [-0.15, -0.1) is 24.8 Å². The first-order valence-corrected chi connectivity index (χ1v) is 8.15. The van der Waals surface area contributed by atoms with E-state index in [1.165, 1.54) is 12.8 Å². The number of halogens is 2. The first-order valence-electron chi connectivity index (χ1n) is 8.15. The van der Waals surface area contributed by atoms with Crippen LogP contribution in [0.3, 0.4) is 0 Å². The first-order chi connectivity index (χ1) is 10.6. The van der Waals surface area contributed by atoms with Crippen LogP contribution in [0.15, 0.2) is 18.6 Å². The van der Waals surface area contributed by atoms with Crippen LogP contribution in [0.25, 0.3) is 0 Å². The first kappa shape index (κ1) is 20.9. The van der Waals surface area contributed by atoms with Crippen molar-refractivity contribution < 1.29 is 4.79 Å². The van der Waals surface area contributed by atoms with Crippen LogP contribution < -0.4 is 16.0 Å². The highest BCUT2D eigenvalue weighted by Crippen LogP contribution is 2.39. The molecule has 6 nitrogen and oxygen atoms in total. The van der Waals surface area contributed by atoms with Crippen molar-refractivity contribution in [3.63, 3.8) is 0 Å². The van der Waals surface area contributed by atoms with Crippen molar-refractivity contribution in [2.45, 2.75) is 38.1 Å². The summed E-state index contributed by atoms with van der Waals surface area (Å²) in [7, 11) is 0. The molecule has 0 bridgehead atoms. The molecule has 8 heteroatoms. The molecular formula is C16H27Cl2N5O. The van der Waals surface area contributed by atoms with Crippen LogP contribution in [0.5, 0.6) is 0 Å². The van der Waals surface area contributed by atoms with Crippen LogP contribution in [0.1, 0.15) is 32.6 Å². The highest BCUT2D eigenvalue weighted by atomic mass is 35.5. The summed E-state index contributed by atoms with van der Waals surface area (Å²) in [5.41, 5.74) is 5.66. The molecule has 0 radical (unpaired) electrons. The third-order valence-electron chi connectivity index (χ3n) is 5.05. The molecule has 0 spiro atoms. The zero-order valence-corrected chi connectivity index (χ0v) is 15.6. The molecule has 3 N–H and O–H groups in total. The van der Waals surface area contributed by atoms with E-state index in [9.17, 15) is 4.79 Å². The molecule has 2 fully saturated rings. The van der Waals surface area contributed by atoms with E-state index in [1.807, 2.05) is 0 Å². The molecule has 1 amide bonds. The number of aromatic nitrogens is 2. The fourth-order valence-electron chi connectivity index (χ4n) is 3.25. The molecule has 0 aromatic carbocycles. The van der Waals surface area contributed by atoms with Gasteiger partial charge in [-0.3, -0.25) is 9.78 Å². The minimum Gasteiger partial charge on any atom is -0.355 e. The summed E-state index contributed by atoms with van der Waals surface area (Å²) in [5.74, 6) is 1.70. The molecule has 1 aliphatic carbocycles. The van der Waals surface area contributed by atoms with Gasteiger partial charge in [-0.2, -0.15) is 0 Å². The highest BCUT2D eigenvalue weighted by molar-refractivity contribution is 5.85. The molecule has 1 aromatic rings. The van der Waals surface area contributed by atoms with Crippen LogP contribution >= 0.6 is 24.8 Å². The summed E-state index contributed by atoms with van der Waals surface area (Å²) < 4.78 is 0. The SMILES string of the molecule is CC(CN)(NC(=O)C1CCN(c2cnccn2)CC1)C1CC1.Cl.Cl. The number of nitrogens with zero attached hydrogens (tertiary/aromatic N) is 3. The van der Waals surface area contributed by atoms with Gasteiger partial charge in [0.15, 0.2) is 0 Å². The number of carbonyl (C=O) groups is 1. The Labute approximate surface area is 155 Å². The monoisotopic (exact) mass is 375 g/mol. The Morgan fingerprint density at radius 2 is 1.96 bits per heavy atom. The van der Waals surface area contributed by atoms with E-state index in [1.54, 1.807) is 18.6 Å². The fourth-order valence-corrected chi connectivity index (χ4v) is 3.25. The summed E-state index contributed by atoms with van der Waals surface area (Å²) in [6.07, 6.45) is 9.23. The summed E-state index contributed by atoms with van der Waals surface area (Å²) in [4.78, 5) is 23.2. The molecule has 24 heavy (non-hydrogen) atoms. The average molecular weight is 376 g/mol. The Bertz CT molecular complexity index is 520. The number of anilines is 1. The predicted molar refractivity (Wildman–Crippen MR) is 99.8 cm³/mol. The molecule has 1 saturated carbocycles. The minimum absolute atomic E-state index is 0. The van der Waals surface area contributed by atoms with Crippen molar-refractivity contribution in [3.8, 4) is 0 Å². The van der Waals surface area contributed by atoms with Gasteiger partial charge in [-0.25, -0.2) is 4.98 Å². The summed E-state index contributed by atoms with van der Waals surface area (Å²) in [6, 6.07) is 0. The predicted octanol–water partition coefficient (Wildman–Crippen LogP) is 1.78. The van der Waals surface area contributed by atoms with Gasteiger partial charge in [-0.1, -0.05) is 0 Å². The summed E-state index contributed by atoms with van der Waals surface area (Å²) in [5, 5.41) is 3.22. The Hall–Kier alpha value is -1.11. The Morgan fingerprint density at radius 1 is 1.29 bits per heavy atom.